The summed E-state index contributed by atoms with van der Waals surface area (Å²) in [6, 6.07) is 0. The Kier molecular flexibility index (Phi) is 9.73. The van der Waals surface area contributed by atoms with Gasteiger partial charge in [-0.3, -0.25) is 0 Å². The van der Waals surface area contributed by atoms with Crippen LogP contribution in [0.5, 0.6) is 0 Å². The number of rotatable bonds is 2. The second-order valence-electron chi connectivity index (χ2n) is 1.02. The molecule has 0 aliphatic rings. The Balaban J connectivity index is 0. The van der Waals surface area contributed by atoms with Crippen LogP contribution >= 0.6 is 0 Å². The average molecular weight is 157 g/mol. The number of aliphatic hydroxyl groups excluding tert-OH is 3. The van der Waals surface area contributed by atoms with E-state index in [2.05, 4.69) is 0 Å². The maximum absolute atomic E-state index is 8.17. The van der Waals surface area contributed by atoms with Crippen molar-refractivity contribution in [2.24, 2.45) is 0 Å². The zero-order chi connectivity index (χ0) is 4.99. The predicted molar refractivity (Wildman–Crippen MR) is 20.2 cm³/mol. The van der Waals surface area contributed by atoms with Crippen LogP contribution in [0.2, 0.25) is 0 Å². The van der Waals surface area contributed by atoms with Gasteiger partial charge in [0.05, 0.1) is 13.2 Å². The molecule has 0 aliphatic carbocycles. The van der Waals surface area contributed by atoms with E-state index in [4.69, 9.17) is 15.3 Å². The zero-order valence-corrected chi connectivity index (χ0v) is 7.01. The Hall–Kier alpha value is 0.503. The van der Waals surface area contributed by atoms with Crippen molar-refractivity contribution in [2.45, 2.75) is 6.10 Å². The SMILES string of the molecule is OCC(O)CO.[Zn+2]. The van der Waals surface area contributed by atoms with Crippen LogP contribution < -0.4 is 0 Å². The summed E-state index contributed by atoms with van der Waals surface area (Å²) in [7, 11) is 0. The molecular weight excluding hydrogens is 149 g/mol. The molecule has 0 fully saturated rings. The van der Waals surface area contributed by atoms with Crippen molar-refractivity contribution in [3.05, 3.63) is 0 Å². The predicted octanol–water partition coefficient (Wildman–Crippen LogP) is -1.67. The van der Waals surface area contributed by atoms with Gasteiger partial charge >= 0.3 is 19.5 Å². The van der Waals surface area contributed by atoms with E-state index < -0.39 is 6.10 Å². The van der Waals surface area contributed by atoms with Gasteiger partial charge in [-0.2, -0.15) is 0 Å². The third kappa shape index (κ3) is 6.50. The molecule has 0 aromatic carbocycles. The third-order valence-corrected chi connectivity index (χ3v) is 0.421. The van der Waals surface area contributed by atoms with Crippen LogP contribution in [0.15, 0.2) is 0 Å². The smallest absolute Gasteiger partial charge is 0.394 e. The van der Waals surface area contributed by atoms with Crippen LogP contribution in [0.1, 0.15) is 0 Å². The van der Waals surface area contributed by atoms with Gasteiger partial charge in [0.25, 0.3) is 0 Å². The summed E-state index contributed by atoms with van der Waals surface area (Å²) in [4.78, 5) is 0. The zero-order valence-electron chi connectivity index (χ0n) is 4.04. The minimum absolute atomic E-state index is 0. The molecule has 7 heavy (non-hydrogen) atoms. The van der Waals surface area contributed by atoms with Gasteiger partial charge in [-0.15, -0.1) is 0 Å². The summed E-state index contributed by atoms with van der Waals surface area (Å²) in [5.41, 5.74) is 0. The van der Waals surface area contributed by atoms with E-state index in [0.717, 1.165) is 0 Å². The van der Waals surface area contributed by atoms with Gasteiger partial charge in [0.1, 0.15) is 6.10 Å². The van der Waals surface area contributed by atoms with Crippen molar-refractivity contribution < 1.29 is 34.8 Å². The van der Waals surface area contributed by atoms with E-state index in [-0.39, 0.29) is 32.7 Å². The Morgan fingerprint density at radius 1 is 1.14 bits per heavy atom. The van der Waals surface area contributed by atoms with Gasteiger partial charge < -0.3 is 15.3 Å². The summed E-state index contributed by atoms with van der Waals surface area (Å²) in [5.74, 6) is 0. The summed E-state index contributed by atoms with van der Waals surface area (Å²) in [6.45, 7) is -0.729. The molecule has 0 saturated carbocycles. The molecule has 0 rings (SSSR count). The molecular formula is C3H8O3Zn+2. The largest absolute Gasteiger partial charge is 2.00 e. The summed E-state index contributed by atoms with van der Waals surface area (Å²) >= 11 is 0. The van der Waals surface area contributed by atoms with Crippen molar-refractivity contribution in [2.75, 3.05) is 13.2 Å². The fourth-order valence-corrected chi connectivity index (χ4v) is 0.0577. The molecule has 0 radical (unpaired) electrons. The Morgan fingerprint density at radius 3 is 1.43 bits per heavy atom. The summed E-state index contributed by atoms with van der Waals surface area (Å²) < 4.78 is 0. The maximum atomic E-state index is 8.17. The molecule has 0 aliphatic heterocycles. The number of hydrogen-bond donors (Lipinski definition) is 3. The van der Waals surface area contributed by atoms with Crippen LogP contribution in [0, 0.1) is 0 Å². The molecule has 0 unspecified atom stereocenters. The molecule has 0 bridgehead atoms. The molecule has 38 valence electrons. The fourth-order valence-electron chi connectivity index (χ4n) is 0.0577. The quantitative estimate of drug-likeness (QED) is 0.420. The van der Waals surface area contributed by atoms with Crippen LogP contribution in [-0.4, -0.2) is 34.6 Å². The minimum Gasteiger partial charge on any atom is -0.394 e. The maximum Gasteiger partial charge on any atom is 2.00 e. The van der Waals surface area contributed by atoms with Crippen molar-refractivity contribution in [1.29, 1.82) is 0 Å². The summed E-state index contributed by atoms with van der Waals surface area (Å²) in [6.07, 6.45) is -0.954. The fraction of sp³-hybridized carbons (Fsp3) is 1.00. The molecule has 0 saturated heterocycles. The van der Waals surface area contributed by atoms with E-state index in [1.54, 1.807) is 0 Å². The van der Waals surface area contributed by atoms with E-state index in [0.29, 0.717) is 0 Å². The van der Waals surface area contributed by atoms with Gasteiger partial charge in [0.15, 0.2) is 0 Å². The molecule has 0 heterocycles. The number of hydrogen-bond acceptors (Lipinski definition) is 3. The number of aliphatic hydroxyl groups is 3. The van der Waals surface area contributed by atoms with Crippen molar-refractivity contribution in [1.82, 2.24) is 0 Å². The van der Waals surface area contributed by atoms with Gasteiger partial charge in [0.2, 0.25) is 0 Å². The monoisotopic (exact) mass is 156 g/mol. The molecule has 0 atom stereocenters. The average Bonchev–Trinajstić information content (AvgIpc) is 1.65. The van der Waals surface area contributed by atoms with Crippen LogP contribution in [0.25, 0.3) is 0 Å². The van der Waals surface area contributed by atoms with Gasteiger partial charge in [-0.25, -0.2) is 0 Å². The van der Waals surface area contributed by atoms with Gasteiger partial charge in [-0.1, -0.05) is 0 Å². The van der Waals surface area contributed by atoms with Crippen LogP contribution in [0.3, 0.4) is 0 Å². The first-order valence-corrected chi connectivity index (χ1v) is 1.71. The molecule has 3 nitrogen and oxygen atoms in total. The van der Waals surface area contributed by atoms with Crippen LogP contribution in [0.4, 0.5) is 0 Å². The molecule has 3 N–H and O–H groups in total. The van der Waals surface area contributed by atoms with Gasteiger partial charge in [-0.05, 0) is 0 Å². The second kappa shape index (κ2) is 6.50. The Bertz CT molecular complexity index is 29.4. The molecule has 0 aromatic heterocycles. The molecule has 0 spiro atoms. The minimum atomic E-state index is -0.954. The first-order valence-electron chi connectivity index (χ1n) is 1.71. The molecule has 0 aromatic rings. The van der Waals surface area contributed by atoms with Gasteiger partial charge in [0, 0.05) is 0 Å². The molecule has 0 amide bonds. The van der Waals surface area contributed by atoms with E-state index in [1.807, 2.05) is 0 Å². The summed E-state index contributed by atoms with van der Waals surface area (Å²) in [5, 5.41) is 24.0. The normalized spacial score (nSPS) is 8.57. The van der Waals surface area contributed by atoms with E-state index in [9.17, 15) is 0 Å². The molecule has 4 heteroatoms. The first-order chi connectivity index (χ1) is 2.81. The Labute approximate surface area is 54.7 Å². The van der Waals surface area contributed by atoms with E-state index >= 15 is 0 Å². The second-order valence-corrected chi connectivity index (χ2v) is 1.02. The van der Waals surface area contributed by atoms with Crippen LogP contribution in [-0.2, 0) is 19.5 Å². The standard InChI is InChI=1S/C3H8O3.Zn/c4-1-3(6)2-5;/h3-6H,1-2H2;/q;+2. The third-order valence-electron chi connectivity index (χ3n) is 0.421. The Morgan fingerprint density at radius 2 is 1.43 bits per heavy atom. The van der Waals surface area contributed by atoms with Crippen molar-refractivity contribution in [3.8, 4) is 0 Å². The van der Waals surface area contributed by atoms with E-state index in [1.165, 1.54) is 0 Å². The first kappa shape index (κ1) is 10.5. The van der Waals surface area contributed by atoms with Crippen molar-refractivity contribution >= 4 is 0 Å². The topological polar surface area (TPSA) is 60.7 Å². The van der Waals surface area contributed by atoms with Crippen molar-refractivity contribution in [3.63, 3.8) is 0 Å².